The highest BCUT2D eigenvalue weighted by atomic mass is 16.6. The third-order valence-electron chi connectivity index (χ3n) is 2.72. The van der Waals surface area contributed by atoms with Crippen molar-refractivity contribution in [1.29, 1.82) is 5.26 Å². The Morgan fingerprint density at radius 1 is 1.53 bits per heavy atom. The Morgan fingerprint density at radius 2 is 2.41 bits per heavy atom. The molecule has 90 valence electrons. The summed E-state index contributed by atoms with van der Waals surface area (Å²) in [6.07, 6.45) is 1.30. The van der Waals surface area contributed by atoms with Gasteiger partial charge in [0.25, 0.3) is 0 Å². The highest BCUT2D eigenvalue weighted by Gasteiger charge is 2.19. The zero-order valence-electron chi connectivity index (χ0n) is 9.81. The number of benzene rings is 1. The Bertz CT molecular complexity index is 419. The summed E-state index contributed by atoms with van der Waals surface area (Å²) in [4.78, 5) is 0. The van der Waals surface area contributed by atoms with Crippen LogP contribution in [0.15, 0.2) is 18.2 Å². The van der Waals surface area contributed by atoms with Gasteiger partial charge in [0, 0.05) is 12.0 Å². The molecule has 1 aliphatic heterocycles. The molecule has 0 saturated carbocycles. The minimum Gasteiger partial charge on any atom is -0.493 e. The van der Waals surface area contributed by atoms with Crippen molar-refractivity contribution in [2.24, 2.45) is 0 Å². The monoisotopic (exact) mass is 233 g/mol. The molecular formula is C13H15NO3. The quantitative estimate of drug-likeness (QED) is 0.797. The first kappa shape index (κ1) is 11.7. The maximum Gasteiger partial charge on any atom is 0.164 e. The second-order valence-corrected chi connectivity index (χ2v) is 3.89. The number of hydrogen-bond acceptors (Lipinski definition) is 4. The van der Waals surface area contributed by atoms with Crippen LogP contribution in [0.2, 0.25) is 0 Å². The molecule has 0 spiro atoms. The van der Waals surface area contributed by atoms with Crippen molar-refractivity contribution in [3.8, 4) is 17.6 Å². The summed E-state index contributed by atoms with van der Waals surface area (Å²) in [5.74, 6) is 1.34. The Kier molecular flexibility index (Phi) is 3.84. The van der Waals surface area contributed by atoms with E-state index in [1.54, 1.807) is 7.11 Å². The van der Waals surface area contributed by atoms with Crippen LogP contribution < -0.4 is 9.47 Å². The average Bonchev–Trinajstić information content (AvgIpc) is 2.83. The summed E-state index contributed by atoms with van der Waals surface area (Å²) in [6, 6.07) is 7.73. The molecule has 1 fully saturated rings. The maximum absolute atomic E-state index is 8.75. The van der Waals surface area contributed by atoms with Gasteiger partial charge in [0.1, 0.15) is 6.10 Å². The van der Waals surface area contributed by atoms with Gasteiger partial charge in [-0.3, -0.25) is 0 Å². The van der Waals surface area contributed by atoms with E-state index in [1.807, 2.05) is 18.2 Å². The molecule has 2 rings (SSSR count). The minimum absolute atomic E-state index is 0.0845. The number of para-hydroxylation sites is 1. The molecule has 0 N–H and O–H groups in total. The number of nitrogens with zero attached hydrogens (tertiary/aromatic N) is 1. The van der Waals surface area contributed by atoms with E-state index in [0.717, 1.165) is 18.6 Å². The lowest BCUT2D eigenvalue weighted by Crippen LogP contribution is -2.16. The highest BCUT2D eigenvalue weighted by Crippen LogP contribution is 2.32. The van der Waals surface area contributed by atoms with Crippen LogP contribution in [0.25, 0.3) is 0 Å². The van der Waals surface area contributed by atoms with Crippen molar-refractivity contribution in [2.75, 3.05) is 20.3 Å². The van der Waals surface area contributed by atoms with E-state index < -0.39 is 0 Å². The molecule has 1 atom stereocenters. The van der Waals surface area contributed by atoms with Crippen LogP contribution in [0.4, 0.5) is 0 Å². The van der Waals surface area contributed by atoms with Crippen LogP contribution in [0.1, 0.15) is 12.0 Å². The van der Waals surface area contributed by atoms with E-state index >= 15 is 0 Å². The molecule has 0 bridgehead atoms. The van der Waals surface area contributed by atoms with Crippen LogP contribution >= 0.6 is 0 Å². The zero-order valence-corrected chi connectivity index (χ0v) is 9.81. The van der Waals surface area contributed by atoms with Crippen LogP contribution in [0, 0.1) is 11.3 Å². The minimum atomic E-state index is 0.0845. The molecule has 1 aromatic rings. The van der Waals surface area contributed by atoms with E-state index in [0.29, 0.717) is 24.5 Å². The lowest BCUT2D eigenvalue weighted by atomic mass is 10.1. The fraction of sp³-hybridized carbons (Fsp3) is 0.462. The van der Waals surface area contributed by atoms with Gasteiger partial charge in [-0.1, -0.05) is 12.1 Å². The number of methoxy groups -OCH3 is 1. The lowest BCUT2D eigenvalue weighted by Gasteiger charge is -2.16. The van der Waals surface area contributed by atoms with Crippen molar-refractivity contribution < 1.29 is 14.2 Å². The van der Waals surface area contributed by atoms with Crippen molar-refractivity contribution in [3.63, 3.8) is 0 Å². The molecule has 4 heteroatoms. The third kappa shape index (κ3) is 2.69. The molecule has 0 amide bonds. The summed E-state index contributed by atoms with van der Waals surface area (Å²) >= 11 is 0. The first-order valence-electron chi connectivity index (χ1n) is 5.62. The van der Waals surface area contributed by atoms with Gasteiger partial charge in [0.2, 0.25) is 0 Å². The van der Waals surface area contributed by atoms with E-state index in [1.165, 1.54) is 0 Å². The maximum atomic E-state index is 8.75. The van der Waals surface area contributed by atoms with Crippen LogP contribution in [0.3, 0.4) is 0 Å². The average molecular weight is 233 g/mol. The molecule has 4 nitrogen and oxygen atoms in total. The predicted molar refractivity (Wildman–Crippen MR) is 62.2 cm³/mol. The van der Waals surface area contributed by atoms with Gasteiger partial charge in [-0.2, -0.15) is 5.26 Å². The molecule has 17 heavy (non-hydrogen) atoms. The number of ether oxygens (including phenoxy) is 3. The Hall–Kier alpha value is -1.73. The molecule has 0 aliphatic carbocycles. The van der Waals surface area contributed by atoms with Crippen molar-refractivity contribution in [2.45, 2.75) is 18.9 Å². The topological polar surface area (TPSA) is 51.5 Å². The SMILES string of the molecule is COc1c(CC#N)cccc1OC1CCOC1. The summed E-state index contributed by atoms with van der Waals surface area (Å²) in [6.45, 7) is 1.36. The summed E-state index contributed by atoms with van der Waals surface area (Å²) in [7, 11) is 1.59. The van der Waals surface area contributed by atoms with Crippen LogP contribution in [0.5, 0.6) is 11.5 Å². The molecule has 1 saturated heterocycles. The second-order valence-electron chi connectivity index (χ2n) is 3.89. The van der Waals surface area contributed by atoms with E-state index in [4.69, 9.17) is 19.5 Å². The number of hydrogen-bond donors (Lipinski definition) is 0. The van der Waals surface area contributed by atoms with Gasteiger partial charge in [0.05, 0.1) is 32.8 Å². The summed E-state index contributed by atoms with van der Waals surface area (Å²) in [5.41, 5.74) is 0.853. The van der Waals surface area contributed by atoms with Crippen LogP contribution in [-0.4, -0.2) is 26.4 Å². The number of nitriles is 1. The molecule has 1 aliphatic rings. The van der Waals surface area contributed by atoms with Crippen LogP contribution in [-0.2, 0) is 11.2 Å². The Balaban J connectivity index is 2.20. The highest BCUT2D eigenvalue weighted by molar-refractivity contribution is 5.47. The Labute approximate surface area is 101 Å². The normalized spacial score (nSPS) is 18.7. The Morgan fingerprint density at radius 3 is 3.06 bits per heavy atom. The first-order valence-corrected chi connectivity index (χ1v) is 5.62. The largest absolute Gasteiger partial charge is 0.493 e. The molecule has 0 aromatic heterocycles. The molecular weight excluding hydrogens is 218 g/mol. The molecule has 1 heterocycles. The van der Waals surface area contributed by atoms with E-state index in [2.05, 4.69) is 6.07 Å². The van der Waals surface area contributed by atoms with Gasteiger partial charge in [-0.15, -0.1) is 0 Å². The molecule has 1 aromatic carbocycles. The fourth-order valence-corrected chi connectivity index (χ4v) is 1.90. The second kappa shape index (κ2) is 5.55. The van der Waals surface area contributed by atoms with Gasteiger partial charge < -0.3 is 14.2 Å². The number of rotatable bonds is 4. The molecule has 1 unspecified atom stereocenters. The van der Waals surface area contributed by atoms with Crippen molar-refractivity contribution in [3.05, 3.63) is 23.8 Å². The summed E-state index contributed by atoms with van der Waals surface area (Å²) < 4.78 is 16.4. The third-order valence-corrected chi connectivity index (χ3v) is 2.72. The smallest absolute Gasteiger partial charge is 0.164 e. The van der Waals surface area contributed by atoms with Gasteiger partial charge in [-0.05, 0) is 6.07 Å². The zero-order chi connectivity index (χ0) is 12.1. The fourth-order valence-electron chi connectivity index (χ4n) is 1.90. The predicted octanol–water partition coefficient (Wildman–Crippen LogP) is 1.93. The van der Waals surface area contributed by atoms with Gasteiger partial charge in [-0.25, -0.2) is 0 Å². The van der Waals surface area contributed by atoms with E-state index in [9.17, 15) is 0 Å². The standard InChI is InChI=1S/C13H15NO3/c1-15-13-10(5-7-14)3-2-4-12(13)17-11-6-8-16-9-11/h2-4,11H,5-6,8-9H2,1H3. The first-order chi connectivity index (χ1) is 8.35. The van der Waals surface area contributed by atoms with Crippen molar-refractivity contribution >= 4 is 0 Å². The van der Waals surface area contributed by atoms with E-state index in [-0.39, 0.29) is 6.10 Å². The lowest BCUT2D eigenvalue weighted by molar-refractivity contribution is 0.138. The summed E-state index contributed by atoms with van der Waals surface area (Å²) in [5, 5.41) is 8.75. The van der Waals surface area contributed by atoms with Gasteiger partial charge >= 0.3 is 0 Å². The van der Waals surface area contributed by atoms with Gasteiger partial charge in [0.15, 0.2) is 11.5 Å². The van der Waals surface area contributed by atoms with Crippen molar-refractivity contribution in [1.82, 2.24) is 0 Å². The molecule has 0 radical (unpaired) electrons.